The Bertz CT molecular complexity index is 422. The number of aliphatic carboxylic acids is 1. The normalized spacial score (nSPS) is 18.4. The largest absolute Gasteiger partial charge is 0.481 e. The van der Waals surface area contributed by atoms with E-state index < -0.39 is 5.97 Å². The first-order chi connectivity index (χ1) is 9.16. The van der Waals surface area contributed by atoms with Crippen molar-refractivity contribution in [1.82, 2.24) is 4.90 Å². The summed E-state index contributed by atoms with van der Waals surface area (Å²) in [4.78, 5) is 24.4. The molecule has 1 aromatic rings. The molecular formula is C13H17NO5. The molecule has 1 amide bonds. The molecule has 0 aromatic carbocycles. The fourth-order valence-electron chi connectivity index (χ4n) is 2.11. The van der Waals surface area contributed by atoms with Gasteiger partial charge in [-0.1, -0.05) is 0 Å². The highest BCUT2D eigenvalue weighted by atomic mass is 16.5. The Morgan fingerprint density at radius 2 is 2.32 bits per heavy atom. The Hall–Kier alpha value is -1.82. The predicted octanol–water partition coefficient (Wildman–Crippen LogP) is 1.38. The molecule has 0 spiro atoms. The van der Waals surface area contributed by atoms with Gasteiger partial charge in [0.15, 0.2) is 0 Å². The maximum Gasteiger partial charge on any atom is 0.305 e. The zero-order valence-corrected chi connectivity index (χ0v) is 10.6. The van der Waals surface area contributed by atoms with Crippen LogP contribution in [0.5, 0.6) is 0 Å². The number of amides is 1. The lowest BCUT2D eigenvalue weighted by atomic mass is 10.2. The van der Waals surface area contributed by atoms with Crippen molar-refractivity contribution >= 4 is 11.9 Å². The van der Waals surface area contributed by atoms with Crippen molar-refractivity contribution in [3.8, 4) is 0 Å². The third-order valence-electron chi connectivity index (χ3n) is 3.10. The minimum atomic E-state index is -0.919. The smallest absolute Gasteiger partial charge is 0.305 e. The van der Waals surface area contributed by atoms with Crippen LogP contribution in [-0.2, 0) is 9.53 Å². The maximum absolute atomic E-state index is 12.2. The Morgan fingerprint density at radius 1 is 1.47 bits per heavy atom. The number of hydrogen-bond donors (Lipinski definition) is 1. The van der Waals surface area contributed by atoms with Gasteiger partial charge in [-0.3, -0.25) is 9.59 Å². The first-order valence-electron chi connectivity index (χ1n) is 6.31. The van der Waals surface area contributed by atoms with Crippen LogP contribution in [0, 0.1) is 0 Å². The van der Waals surface area contributed by atoms with Crippen LogP contribution in [0.2, 0.25) is 0 Å². The second-order valence-corrected chi connectivity index (χ2v) is 4.54. The Morgan fingerprint density at radius 3 is 2.89 bits per heavy atom. The van der Waals surface area contributed by atoms with Crippen LogP contribution in [0.3, 0.4) is 0 Å². The van der Waals surface area contributed by atoms with Gasteiger partial charge in [-0.25, -0.2) is 0 Å². The monoisotopic (exact) mass is 267 g/mol. The number of rotatable bonds is 6. The Kier molecular flexibility index (Phi) is 4.57. The van der Waals surface area contributed by atoms with Gasteiger partial charge >= 0.3 is 5.97 Å². The molecule has 6 nitrogen and oxygen atoms in total. The first-order valence-corrected chi connectivity index (χ1v) is 6.31. The third-order valence-corrected chi connectivity index (χ3v) is 3.10. The van der Waals surface area contributed by atoms with E-state index in [1.165, 1.54) is 17.4 Å². The van der Waals surface area contributed by atoms with Crippen molar-refractivity contribution in [1.29, 1.82) is 0 Å². The number of nitrogens with zero attached hydrogens (tertiary/aromatic N) is 1. The van der Waals surface area contributed by atoms with Crippen molar-refractivity contribution in [3.63, 3.8) is 0 Å². The fraction of sp³-hybridized carbons (Fsp3) is 0.538. The summed E-state index contributed by atoms with van der Waals surface area (Å²) in [6, 6.07) is 1.58. The van der Waals surface area contributed by atoms with Crippen molar-refractivity contribution in [2.75, 3.05) is 19.7 Å². The molecule has 1 aliphatic rings. The third kappa shape index (κ3) is 3.82. The highest BCUT2D eigenvalue weighted by molar-refractivity contribution is 5.94. The average Bonchev–Trinajstić information content (AvgIpc) is 3.06. The average molecular weight is 267 g/mol. The van der Waals surface area contributed by atoms with Crippen LogP contribution in [0.25, 0.3) is 0 Å². The van der Waals surface area contributed by atoms with Crippen LogP contribution in [0.1, 0.15) is 29.6 Å². The maximum atomic E-state index is 12.2. The lowest BCUT2D eigenvalue weighted by Crippen LogP contribution is -2.38. The number of carboxylic acid groups (broad SMARTS) is 1. The summed E-state index contributed by atoms with van der Waals surface area (Å²) in [6.45, 7) is 1.31. The van der Waals surface area contributed by atoms with Crippen LogP contribution >= 0.6 is 0 Å². The topological polar surface area (TPSA) is 80.0 Å². The summed E-state index contributed by atoms with van der Waals surface area (Å²) in [7, 11) is 0. The molecule has 1 atom stereocenters. The van der Waals surface area contributed by atoms with E-state index in [0.717, 1.165) is 12.8 Å². The molecular weight excluding hydrogens is 250 g/mol. The molecule has 1 saturated heterocycles. The summed E-state index contributed by atoms with van der Waals surface area (Å²) in [5.41, 5.74) is 0.434. The Labute approximate surface area is 110 Å². The van der Waals surface area contributed by atoms with Gasteiger partial charge in [0, 0.05) is 19.7 Å². The highest BCUT2D eigenvalue weighted by Crippen LogP contribution is 2.15. The summed E-state index contributed by atoms with van der Waals surface area (Å²) >= 11 is 0. The highest BCUT2D eigenvalue weighted by Gasteiger charge is 2.24. The molecule has 2 rings (SSSR count). The molecule has 0 radical (unpaired) electrons. The van der Waals surface area contributed by atoms with Gasteiger partial charge in [0.05, 0.1) is 24.4 Å². The molecule has 1 aliphatic heterocycles. The molecule has 1 N–H and O–H groups in total. The summed E-state index contributed by atoms with van der Waals surface area (Å²) in [5, 5.41) is 8.75. The number of carboxylic acids is 1. The van der Waals surface area contributed by atoms with Crippen LogP contribution in [0.15, 0.2) is 23.0 Å². The molecule has 104 valence electrons. The van der Waals surface area contributed by atoms with Crippen molar-refractivity contribution in [3.05, 3.63) is 24.2 Å². The second kappa shape index (κ2) is 6.38. The van der Waals surface area contributed by atoms with E-state index in [1.807, 2.05) is 0 Å². The molecule has 0 saturated carbocycles. The lowest BCUT2D eigenvalue weighted by Gasteiger charge is -2.24. The lowest BCUT2D eigenvalue weighted by molar-refractivity contribution is -0.137. The van der Waals surface area contributed by atoms with E-state index in [1.54, 1.807) is 6.07 Å². The van der Waals surface area contributed by atoms with Crippen LogP contribution in [0.4, 0.5) is 0 Å². The van der Waals surface area contributed by atoms with Gasteiger partial charge in [-0.15, -0.1) is 0 Å². The van der Waals surface area contributed by atoms with Crippen molar-refractivity contribution in [2.45, 2.75) is 25.4 Å². The van der Waals surface area contributed by atoms with Gasteiger partial charge < -0.3 is 19.2 Å². The molecule has 19 heavy (non-hydrogen) atoms. The van der Waals surface area contributed by atoms with Gasteiger partial charge in [0.25, 0.3) is 5.91 Å². The number of hydrogen-bond acceptors (Lipinski definition) is 4. The van der Waals surface area contributed by atoms with Crippen LogP contribution < -0.4 is 0 Å². The quantitative estimate of drug-likeness (QED) is 0.842. The van der Waals surface area contributed by atoms with E-state index in [9.17, 15) is 9.59 Å². The minimum absolute atomic E-state index is 0.00430. The fourth-order valence-corrected chi connectivity index (χ4v) is 2.11. The number of carbonyl (C=O) groups is 2. The summed E-state index contributed by atoms with van der Waals surface area (Å²) in [5.74, 6) is -1.14. The van der Waals surface area contributed by atoms with Gasteiger partial charge in [0.2, 0.25) is 0 Å². The van der Waals surface area contributed by atoms with Crippen LogP contribution in [-0.4, -0.2) is 47.7 Å². The van der Waals surface area contributed by atoms with E-state index in [4.69, 9.17) is 14.3 Å². The molecule has 0 bridgehead atoms. The van der Waals surface area contributed by atoms with Gasteiger partial charge in [0.1, 0.15) is 6.26 Å². The summed E-state index contributed by atoms with van der Waals surface area (Å²) < 4.78 is 10.4. The minimum Gasteiger partial charge on any atom is -0.481 e. The predicted molar refractivity (Wildman–Crippen MR) is 65.8 cm³/mol. The number of ether oxygens (including phenoxy) is 1. The van der Waals surface area contributed by atoms with E-state index in [-0.39, 0.29) is 25.0 Å². The molecule has 1 fully saturated rings. The zero-order valence-electron chi connectivity index (χ0n) is 10.6. The molecule has 1 aromatic heterocycles. The second-order valence-electron chi connectivity index (χ2n) is 4.54. The van der Waals surface area contributed by atoms with Crippen molar-refractivity contribution in [2.24, 2.45) is 0 Å². The first kappa shape index (κ1) is 13.6. The van der Waals surface area contributed by atoms with E-state index in [2.05, 4.69) is 0 Å². The molecule has 0 unspecified atom stereocenters. The molecule has 2 heterocycles. The molecule has 0 aliphatic carbocycles. The SMILES string of the molecule is O=C(O)CCN(C[C@@H]1CCCO1)C(=O)c1ccoc1. The molecule has 6 heteroatoms. The zero-order chi connectivity index (χ0) is 13.7. The number of furan rings is 1. The van der Waals surface area contributed by atoms with Gasteiger partial charge in [-0.05, 0) is 18.9 Å². The number of carbonyl (C=O) groups excluding carboxylic acids is 1. The standard InChI is InChI=1S/C13H17NO5/c15-12(16)3-5-14(8-11-2-1-6-19-11)13(17)10-4-7-18-9-10/h4,7,9,11H,1-3,5-6,8H2,(H,15,16)/t11-/m0/s1. The van der Waals surface area contributed by atoms with E-state index in [0.29, 0.717) is 18.7 Å². The van der Waals surface area contributed by atoms with Gasteiger partial charge in [-0.2, -0.15) is 0 Å². The van der Waals surface area contributed by atoms with Crippen molar-refractivity contribution < 1.29 is 23.8 Å². The van der Waals surface area contributed by atoms with E-state index >= 15 is 0 Å². The Balaban J connectivity index is 1.99. The summed E-state index contributed by atoms with van der Waals surface area (Å²) in [6.07, 6.45) is 4.61.